The van der Waals surface area contributed by atoms with Crippen LogP contribution in [0.5, 0.6) is 0 Å². The molecular formula is C8H11N3. The Kier molecular flexibility index (Phi) is 1.69. The van der Waals surface area contributed by atoms with Gasteiger partial charge in [-0.05, 0) is 6.07 Å². The molecule has 1 rings (SSSR count). The third kappa shape index (κ3) is 1.40. The van der Waals surface area contributed by atoms with Crippen molar-refractivity contribution in [1.82, 2.24) is 9.78 Å². The molecule has 0 spiro atoms. The standard InChI is InChI=1S/C8H11N3/c1-8(2,3)7-4-5-10-11(7)6-9/h4-5H,1-3H3. The number of nitriles is 1. The van der Waals surface area contributed by atoms with Gasteiger partial charge in [0.25, 0.3) is 0 Å². The molecule has 1 aromatic rings. The van der Waals surface area contributed by atoms with E-state index in [1.807, 2.05) is 12.3 Å². The molecule has 11 heavy (non-hydrogen) atoms. The third-order valence-corrected chi connectivity index (χ3v) is 1.51. The summed E-state index contributed by atoms with van der Waals surface area (Å²) in [5.74, 6) is 0. The average molecular weight is 149 g/mol. The quantitative estimate of drug-likeness (QED) is 0.561. The van der Waals surface area contributed by atoms with Gasteiger partial charge in [0.05, 0.1) is 11.9 Å². The average Bonchev–Trinajstić information content (AvgIpc) is 2.31. The molecule has 3 nitrogen and oxygen atoms in total. The molecule has 0 saturated heterocycles. The van der Waals surface area contributed by atoms with Gasteiger partial charge in [-0.3, -0.25) is 0 Å². The molecule has 0 aromatic carbocycles. The Balaban J connectivity index is 3.15. The maximum absolute atomic E-state index is 8.62. The summed E-state index contributed by atoms with van der Waals surface area (Å²) in [5, 5.41) is 12.5. The van der Waals surface area contributed by atoms with Crippen LogP contribution in [-0.2, 0) is 5.41 Å². The van der Waals surface area contributed by atoms with Crippen LogP contribution < -0.4 is 0 Å². The van der Waals surface area contributed by atoms with Gasteiger partial charge in [-0.1, -0.05) is 20.8 Å². The Morgan fingerprint density at radius 3 is 2.55 bits per heavy atom. The van der Waals surface area contributed by atoms with Crippen molar-refractivity contribution in [1.29, 1.82) is 5.26 Å². The highest BCUT2D eigenvalue weighted by molar-refractivity contribution is 5.14. The minimum atomic E-state index is -0.00771. The highest BCUT2D eigenvalue weighted by Crippen LogP contribution is 2.20. The molecule has 0 radical (unpaired) electrons. The van der Waals surface area contributed by atoms with Crippen LogP contribution in [0.25, 0.3) is 0 Å². The lowest BCUT2D eigenvalue weighted by Gasteiger charge is -2.16. The van der Waals surface area contributed by atoms with Gasteiger partial charge >= 0.3 is 0 Å². The van der Waals surface area contributed by atoms with Crippen LogP contribution in [0.3, 0.4) is 0 Å². The van der Waals surface area contributed by atoms with Crippen molar-refractivity contribution in [2.45, 2.75) is 26.2 Å². The van der Waals surface area contributed by atoms with Gasteiger partial charge in [-0.25, -0.2) is 0 Å². The van der Waals surface area contributed by atoms with Crippen molar-refractivity contribution < 1.29 is 0 Å². The summed E-state index contributed by atoms with van der Waals surface area (Å²) >= 11 is 0. The van der Waals surface area contributed by atoms with Gasteiger partial charge in [0.15, 0.2) is 0 Å². The van der Waals surface area contributed by atoms with Gasteiger partial charge in [0.2, 0.25) is 6.19 Å². The van der Waals surface area contributed by atoms with E-state index in [9.17, 15) is 0 Å². The molecule has 3 heteroatoms. The third-order valence-electron chi connectivity index (χ3n) is 1.51. The first-order chi connectivity index (χ1) is 5.05. The summed E-state index contributed by atoms with van der Waals surface area (Å²) in [5.41, 5.74) is 0.937. The van der Waals surface area contributed by atoms with E-state index in [4.69, 9.17) is 5.26 Å². The monoisotopic (exact) mass is 149 g/mol. The molecule has 0 aliphatic heterocycles. The van der Waals surface area contributed by atoms with Crippen LogP contribution in [0.4, 0.5) is 0 Å². The zero-order valence-corrected chi connectivity index (χ0v) is 7.00. The topological polar surface area (TPSA) is 41.6 Å². The molecule has 0 bridgehead atoms. The second-order valence-electron chi connectivity index (χ2n) is 3.48. The summed E-state index contributed by atoms with van der Waals surface area (Å²) in [7, 11) is 0. The minimum absolute atomic E-state index is 0.00771. The van der Waals surface area contributed by atoms with Gasteiger partial charge in [-0.2, -0.15) is 15.0 Å². The zero-order valence-electron chi connectivity index (χ0n) is 7.00. The van der Waals surface area contributed by atoms with Crippen molar-refractivity contribution >= 4 is 0 Å². The normalized spacial score (nSPS) is 11.1. The molecule has 1 heterocycles. The largest absolute Gasteiger partial charge is 0.206 e. The van der Waals surface area contributed by atoms with E-state index in [0.29, 0.717) is 0 Å². The van der Waals surface area contributed by atoms with E-state index in [-0.39, 0.29) is 5.41 Å². The first-order valence-corrected chi connectivity index (χ1v) is 3.50. The second kappa shape index (κ2) is 2.39. The molecule has 0 fully saturated rings. The highest BCUT2D eigenvalue weighted by atomic mass is 15.3. The molecule has 0 N–H and O–H groups in total. The van der Waals surface area contributed by atoms with Crippen LogP contribution >= 0.6 is 0 Å². The fourth-order valence-corrected chi connectivity index (χ4v) is 0.951. The Labute approximate surface area is 66.3 Å². The lowest BCUT2D eigenvalue weighted by atomic mass is 9.92. The number of hydrogen-bond donors (Lipinski definition) is 0. The molecule has 0 amide bonds. The summed E-state index contributed by atoms with van der Waals surface area (Å²) < 4.78 is 1.35. The molecule has 1 aromatic heterocycles. The van der Waals surface area contributed by atoms with E-state index >= 15 is 0 Å². The van der Waals surface area contributed by atoms with Crippen LogP contribution in [0, 0.1) is 11.5 Å². The highest BCUT2D eigenvalue weighted by Gasteiger charge is 2.18. The Hall–Kier alpha value is -1.30. The molecule has 0 unspecified atom stereocenters. The maximum atomic E-state index is 8.62. The van der Waals surface area contributed by atoms with E-state index in [0.717, 1.165) is 5.69 Å². The maximum Gasteiger partial charge on any atom is 0.206 e. The number of aromatic nitrogens is 2. The van der Waals surface area contributed by atoms with Crippen LogP contribution in [0.15, 0.2) is 12.3 Å². The van der Waals surface area contributed by atoms with Crippen LogP contribution in [0.1, 0.15) is 26.5 Å². The lowest BCUT2D eigenvalue weighted by Crippen LogP contribution is -2.16. The first-order valence-electron chi connectivity index (χ1n) is 3.50. The van der Waals surface area contributed by atoms with E-state index in [1.165, 1.54) is 4.68 Å². The number of hydrogen-bond acceptors (Lipinski definition) is 2. The summed E-state index contributed by atoms with van der Waals surface area (Å²) in [6.07, 6.45) is 3.63. The smallest absolute Gasteiger partial charge is 0.171 e. The molecule has 0 saturated carbocycles. The van der Waals surface area contributed by atoms with Gasteiger partial charge < -0.3 is 0 Å². The molecule has 58 valence electrons. The van der Waals surface area contributed by atoms with Crippen molar-refractivity contribution in [2.24, 2.45) is 0 Å². The summed E-state index contributed by atoms with van der Waals surface area (Å²) in [4.78, 5) is 0. The molecular weight excluding hydrogens is 138 g/mol. The fraction of sp³-hybridized carbons (Fsp3) is 0.500. The van der Waals surface area contributed by atoms with E-state index in [2.05, 4.69) is 25.9 Å². The van der Waals surface area contributed by atoms with Crippen molar-refractivity contribution in [2.75, 3.05) is 0 Å². The van der Waals surface area contributed by atoms with Crippen molar-refractivity contribution in [3.63, 3.8) is 0 Å². The van der Waals surface area contributed by atoms with Gasteiger partial charge in [-0.15, -0.1) is 0 Å². The second-order valence-corrected chi connectivity index (χ2v) is 3.48. The lowest BCUT2D eigenvalue weighted by molar-refractivity contribution is 0.546. The molecule has 0 aliphatic rings. The van der Waals surface area contributed by atoms with Crippen LogP contribution in [-0.4, -0.2) is 9.78 Å². The van der Waals surface area contributed by atoms with Gasteiger partial charge in [0, 0.05) is 5.41 Å². The Bertz CT molecular complexity index is 285. The summed E-state index contributed by atoms with van der Waals surface area (Å²) in [6.45, 7) is 6.16. The predicted molar refractivity (Wildman–Crippen MR) is 41.9 cm³/mol. The summed E-state index contributed by atoms with van der Waals surface area (Å²) in [6, 6.07) is 1.86. The van der Waals surface area contributed by atoms with E-state index in [1.54, 1.807) is 6.20 Å². The minimum Gasteiger partial charge on any atom is -0.171 e. The Morgan fingerprint density at radius 2 is 2.18 bits per heavy atom. The predicted octanol–water partition coefficient (Wildman–Crippen LogP) is 1.51. The van der Waals surface area contributed by atoms with Crippen molar-refractivity contribution in [3.05, 3.63) is 18.0 Å². The van der Waals surface area contributed by atoms with Crippen LogP contribution in [0.2, 0.25) is 0 Å². The zero-order chi connectivity index (χ0) is 8.48. The van der Waals surface area contributed by atoms with Crippen molar-refractivity contribution in [3.8, 4) is 6.19 Å². The molecule has 0 aliphatic carbocycles. The first kappa shape index (κ1) is 7.80. The molecule has 0 atom stereocenters. The fourth-order valence-electron chi connectivity index (χ4n) is 0.951. The number of rotatable bonds is 0. The number of nitrogens with zero attached hydrogens (tertiary/aromatic N) is 3. The van der Waals surface area contributed by atoms with Gasteiger partial charge in [0.1, 0.15) is 0 Å². The van der Waals surface area contributed by atoms with E-state index < -0.39 is 0 Å². The Morgan fingerprint density at radius 1 is 1.55 bits per heavy atom. The SMILES string of the molecule is CC(C)(C)c1ccnn1C#N.